The van der Waals surface area contributed by atoms with Crippen LogP contribution in [0, 0.1) is 5.92 Å². The molecule has 0 aliphatic rings. The Morgan fingerprint density at radius 2 is 1.75 bits per heavy atom. The molecule has 1 aromatic carbocycles. The van der Waals surface area contributed by atoms with Crippen molar-refractivity contribution < 1.29 is 4.79 Å². The number of carbonyl (C=O) groups excluding carboxylic acids is 1. The predicted octanol–water partition coefficient (Wildman–Crippen LogP) is 2.84. The summed E-state index contributed by atoms with van der Waals surface area (Å²) in [5.74, 6) is 0.301. The molecule has 3 N–H and O–H groups in total. The lowest BCUT2D eigenvalue weighted by Gasteiger charge is -2.21. The minimum atomic E-state index is -0.447. The van der Waals surface area contributed by atoms with Gasteiger partial charge in [0.25, 0.3) is 0 Å². The normalized spacial score (nSPS) is 12.3. The van der Waals surface area contributed by atoms with Crippen molar-refractivity contribution in [2.24, 2.45) is 11.7 Å². The fourth-order valence-corrected chi connectivity index (χ4v) is 2.19. The van der Waals surface area contributed by atoms with Crippen molar-refractivity contribution in [1.29, 1.82) is 0 Å². The zero-order chi connectivity index (χ0) is 15.1. The quantitative estimate of drug-likeness (QED) is 0.805. The average Bonchev–Trinajstić information content (AvgIpc) is 2.41. The summed E-state index contributed by atoms with van der Waals surface area (Å²) in [7, 11) is 0. The first-order valence-corrected chi connectivity index (χ1v) is 7.39. The van der Waals surface area contributed by atoms with Gasteiger partial charge in [-0.25, -0.2) is 0 Å². The fourth-order valence-electron chi connectivity index (χ4n) is 2.19. The molecule has 1 rings (SSSR count). The van der Waals surface area contributed by atoms with Gasteiger partial charge in [-0.2, -0.15) is 0 Å². The molecule has 0 aromatic heterocycles. The summed E-state index contributed by atoms with van der Waals surface area (Å²) >= 11 is 0. The van der Waals surface area contributed by atoms with Crippen LogP contribution in [-0.2, 0) is 4.79 Å². The van der Waals surface area contributed by atoms with Crippen LogP contribution in [0.3, 0.4) is 0 Å². The maximum Gasteiger partial charge on any atom is 0.241 e. The standard InChI is InChI=1S/C16H27N3O/c1-5-19(6-2)14-9-7-13(8-10-14)18-16(20)15(17)11-12(3)4/h7-10,12,15H,5-6,11,17H2,1-4H3,(H,18,20). The van der Waals surface area contributed by atoms with Gasteiger partial charge in [0.15, 0.2) is 0 Å². The molecular weight excluding hydrogens is 250 g/mol. The summed E-state index contributed by atoms with van der Waals surface area (Å²) in [6.45, 7) is 10.3. The number of rotatable bonds is 7. The van der Waals surface area contributed by atoms with Crippen LogP contribution in [0.25, 0.3) is 0 Å². The summed E-state index contributed by atoms with van der Waals surface area (Å²) in [4.78, 5) is 14.2. The van der Waals surface area contributed by atoms with Crippen molar-refractivity contribution in [1.82, 2.24) is 0 Å². The summed E-state index contributed by atoms with van der Waals surface area (Å²) in [5.41, 5.74) is 7.83. The lowest BCUT2D eigenvalue weighted by molar-refractivity contribution is -0.117. The molecule has 1 amide bonds. The van der Waals surface area contributed by atoms with Gasteiger partial charge in [-0.1, -0.05) is 13.8 Å². The second kappa shape index (κ2) is 7.90. The van der Waals surface area contributed by atoms with Gasteiger partial charge >= 0.3 is 0 Å². The van der Waals surface area contributed by atoms with E-state index in [2.05, 4.69) is 37.9 Å². The van der Waals surface area contributed by atoms with Crippen LogP contribution in [0.5, 0.6) is 0 Å². The highest BCUT2D eigenvalue weighted by atomic mass is 16.2. The summed E-state index contributed by atoms with van der Waals surface area (Å²) in [5, 5.41) is 2.87. The van der Waals surface area contributed by atoms with Crippen molar-refractivity contribution >= 4 is 17.3 Å². The zero-order valence-electron chi connectivity index (χ0n) is 13.0. The van der Waals surface area contributed by atoms with Gasteiger partial charge in [-0.05, 0) is 50.5 Å². The molecule has 20 heavy (non-hydrogen) atoms. The smallest absolute Gasteiger partial charge is 0.241 e. The number of benzene rings is 1. The molecule has 4 nitrogen and oxygen atoms in total. The molecule has 1 unspecified atom stereocenters. The second-order valence-electron chi connectivity index (χ2n) is 5.44. The topological polar surface area (TPSA) is 58.4 Å². The van der Waals surface area contributed by atoms with Crippen molar-refractivity contribution in [3.05, 3.63) is 24.3 Å². The Morgan fingerprint density at radius 3 is 2.20 bits per heavy atom. The molecule has 0 saturated heterocycles. The van der Waals surface area contributed by atoms with Crippen molar-refractivity contribution in [2.75, 3.05) is 23.3 Å². The first-order chi connectivity index (χ1) is 9.47. The third kappa shape index (κ3) is 4.85. The molecule has 0 spiro atoms. The molecule has 4 heteroatoms. The minimum Gasteiger partial charge on any atom is -0.372 e. The van der Waals surface area contributed by atoms with E-state index >= 15 is 0 Å². The largest absolute Gasteiger partial charge is 0.372 e. The Balaban J connectivity index is 2.63. The predicted molar refractivity (Wildman–Crippen MR) is 86.1 cm³/mol. The van der Waals surface area contributed by atoms with E-state index in [0.29, 0.717) is 12.3 Å². The van der Waals surface area contributed by atoms with E-state index in [1.165, 1.54) is 5.69 Å². The average molecular weight is 277 g/mol. The summed E-state index contributed by atoms with van der Waals surface area (Å²) in [6, 6.07) is 7.45. The number of nitrogens with zero attached hydrogens (tertiary/aromatic N) is 1. The Bertz CT molecular complexity index is 410. The molecule has 112 valence electrons. The van der Waals surface area contributed by atoms with E-state index in [1.54, 1.807) is 0 Å². The number of amides is 1. The number of anilines is 2. The van der Waals surface area contributed by atoms with Crippen LogP contribution < -0.4 is 16.0 Å². The first kappa shape index (κ1) is 16.5. The van der Waals surface area contributed by atoms with E-state index in [0.717, 1.165) is 18.8 Å². The number of nitrogens with two attached hydrogens (primary N) is 1. The van der Waals surface area contributed by atoms with Gasteiger partial charge in [0.2, 0.25) is 5.91 Å². The molecule has 0 saturated carbocycles. The van der Waals surface area contributed by atoms with Gasteiger partial charge in [0.05, 0.1) is 6.04 Å². The number of carbonyl (C=O) groups is 1. The van der Waals surface area contributed by atoms with Crippen LogP contribution in [0.4, 0.5) is 11.4 Å². The first-order valence-electron chi connectivity index (χ1n) is 7.39. The highest BCUT2D eigenvalue weighted by molar-refractivity contribution is 5.94. The van der Waals surface area contributed by atoms with Crippen molar-refractivity contribution in [3.63, 3.8) is 0 Å². The van der Waals surface area contributed by atoms with Crippen molar-refractivity contribution in [2.45, 2.75) is 40.2 Å². The number of hydrogen-bond acceptors (Lipinski definition) is 3. The van der Waals surface area contributed by atoms with Gasteiger partial charge in [-0.15, -0.1) is 0 Å². The van der Waals surface area contributed by atoms with E-state index in [-0.39, 0.29) is 5.91 Å². The Labute approximate surface area is 122 Å². The highest BCUT2D eigenvalue weighted by Gasteiger charge is 2.15. The van der Waals surface area contributed by atoms with Gasteiger partial charge in [-0.3, -0.25) is 4.79 Å². The van der Waals surface area contributed by atoms with Crippen LogP contribution >= 0.6 is 0 Å². The summed E-state index contributed by atoms with van der Waals surface area (Å²) in [6.07, 6.45) is 0.698. The SMILES string of the molecule is CCN(CC)c1ccc(NC(=O)C(N)CC(C)C)cc1. The third-order valence-corrected chi connectivity index (χ3v) is 3.33. The van der Waals surface area contributed by atoms with E-state index < -0.39 is 6.04 Å². The van der Waals surface area contributed by atoms with Crippen LogP contribution in [0.15, 0.2) is 24.3 Å². The Morgan fingerprint density at radius 1 is 1.20 bits per heavy atom. The van der Waals surface area contributed by atoms with Crippen LogP contribution in [0.1, 0.15) is 34.1 Å². The Hall–Kier alpha value is -1.55. The molecule has 1 aromatic rings. The van der Waals surface area contributed by atoms with Crippen LogP contribution in [0.2, 0.25) is 0 Å². The molecule has 0 heterocycles. The highest BCUT2D eigenvalue weighted by Crippen LogP contribution is 2.18. The van der Waals surface area contributed by atoms with Crippen molar-refractivity contribution in [3.8, 4) is 0 Å². The fraction of sp³-hybridized carbons (Fsp3) is 0.562. The molecule has 0 fully saturated rings. The summed E-state index contributed by atoms with van der Waals surface area (Å²) < 4.78 is 0. The maximum atomic E-state index is 11.9. The van der Waals surface area contributed by atoms with E-state index in [1.807, 2.05) is 24.3 Å². The molecule has 0 bridgehead atoms. The molecule has 0 aliphatic heterocycles. The zero-order valence-corrected chi connectivity index (χ0v) is 13.0. The van der Waals surface area contributed by atoms with E-state index in [4.69, 9.17) is 5.73 Å². The third-order valence-electron chi connectivity index (χ3n) is 3.33. The minimum absolute atomic E-state index is 0.116. The molecule has 1 atom stereocenters. The maximum absolute atomic E-state index is 11.9. The van der Waals surface area contributed by atoms with Gasteiger partial charge < -0.3 is 16.0 Å². The van der Waals surface area contributed by atoms with Gasteiger partial charge in [0, 0.05) is 24.5 Å². The monoisotopic (exact) mass is 277 g/mol. The van der Waals surface area contributed by atoms with E-state index in [9.17, 15) is 4.79 Å². The lowest BCUT2D eigenvalue weighted by Crippen LogP contribution is -2.36. The lowest BCUT2D eigenvalue weighted by atomic mass is 10.0. The van der Waals surface area contributed by atoms with Gasteiger partial charge in [0.1, 0.15) is 0 Å². The molecule has 0 aliphatic carbocycles. The second-order valence-corrected chi connectivity index (χ2v) is 5.44. The molecule has 0 radical (unpaired) electrons. The Kier molecular flexibility index (Phi) is 6.52. The number of nitrogens with one attached hydrogen (secondary N) is 1. The van der Waals surface area contributed by atoms with Crippen LogP contribution in [-0.4, -0.2) is 25.0 Å². The number of hydrogen-bond donors (Lipinski definition) is 2. The molecular formula is C16H27N3O.